The molecule has 2 N–H and O–H groups in total. The normalized spacial score (nSPS) is 10.4. The van der Waals surface area contributed by atoms with Crippen LogP contribution in [0.2, 0.25) is 0 Å². The van der Waals surface area contributed by atoms with E-state index in [-0.39, 0.29) is 5.69 Å². The molecule has 0 radical (unpaired) electrons. The van der Waals surface area contributed by atoms with Crippen molar-refractivity contribution in [1.29, 1.82) is 0 Å². The quantitative estimate of drug-likeness (QED) is 0.228. The SMILES string of the molecule is CCCCCCCCCCCNC(=S)Nc1cccc([N+](=O)[O-])c1. The second-order valence-corrected chi connectivity index (χ2v) is 6.43. The molecule has 0 spiro atoms. The molecule has 24 heavy (non-hydrogen) atoms. The third kappa shape index (κ3) is 9.45. The van der Waals surface area contributed by atoms with Gasteiger partial charge in [0.25, 0.3) is 5.69 Å². The highest BCUT2D eigenvalue weighted by molar-refractivity contribution is 7.80. The van der Waals surface area contributed by atoms with Gasteiger partial charge in [0.15, 0.2) is 5.11 Å². The molecule has 0 heterocycles. The Morgan fingerprint density at radius 3 is 2.33 bits per heavy atom. The van der Waals surface area contributed by atoms with Gasteiger partial charge < -0.3 is 10.6 Å². The molecule has 1 aromatic carbocycles. The molecule has 0 aliphatic carbocycles. The molecule has 0 bridgehead atoms. The fourth-order valence-corrected chi connectivity index (χ4v) is 2.73. The van der Waals surface area contributed by atoms with E-state index in [9.17, 15) is 10.1 Å². The minimum atomic E-state index is -0.413. The van der Waals surface area contributed by atoms with Gasteiger partial charge in [0.2, 0.25) is 0 Å². The smallest absolute Gasteiger partial charge is 0.271 e. The van der Waals surface area contributed by atoms with Crippen LogP contribution >= 0.6 is 12.2 Å². The molecule has 1 aromatic rings. The summed E-state index contributed by atoms with van der Waals surface area (Å²) in [7, 11) is 0. The number of nitro benzene ring substituents is 1. The number of benzene rings is 1. The first kappa shape index (κ1) is 20.4. The van der Waals surface area contributed by atoms with Crippen LogP contribution in [0.4, 0.5) is 11.4 Å². The molecule has 0 unspecified atom stereocenters. The topological polar surface area (TPSA) is 67.2 Å². The van der Waals surface area contributed by atoms with Crippen LogP contribution in [0, 0.1) is 10.1 Å². The van der Waals surface area contributed by atoms with E-state index in [0.29, 0.717) is 10.8 Å². The van der Waals surface area contributed by atoms with Crippen LogP contribution in [-0.2, 0) is 0 Å². The molecule has 134 valence electrons. The zero-order valence-electron chi connectivity index (χ0n) is 14.6. The van der Waals surface area contributed by atoms with Crippen LogP contribution in [0.3, 0.4) is 0 Å². The number of nitrogens with one attached hydrogen (secondary N) is 2. The molecule has 0 aromatic heterocycles. The summed E-state index contributed by atoms with van der Waals surface area (Å²) in [5, 5.41) is 17.4. The first-order valence-electron chi connectivity index (χ1n) is 8.92. The molecule has 0 saturated heterocycles. The Morgan fingerprint density at radius 1 is 1.08 bits per heavy atom. The zero-order chi connectivity index (χ0) is 17.6. The Hall–Kier alpha value is -1.69. The van der Waals surface area contributed by atoms with Gasteiger partial charge in [0, 0.05) is 24.4 Å². The third-order valence-electron chi connectivity index (χ3n) is 3.88. The highest BCUT2D eigenvalue weighted by Gasteiger charge is 2.06. The lowest BCUT2D eigenvalue weighted by Gasteiger charge is -2.10. The summed E-state index contributed by atoms with van der Waals surface area (Å²) >= 11 is 5.21. The number of hydrogen-bond donors (Lipinski definition) is 2. The minimum Gasteiger partial charge on any atom is -0.362 e. The van der Waals surface area contributed by atoms with E-state index in [1.165, 1.54) is 63.5 Å². The van der Waals surface area contributed by atoms with Crippen molar-refractivity contribution in [2.45, 2.75) is 64.7 Å². The molecule has 0 aliphatic rings. The maximum atomic E-state index is 10.7. The van der Waals surface area contributed by atoms with Crippen LogP contribution in [-0.4, -0.2) is 16.6 Å². The molecule has 0 fully saturated rings. The second-order valence-electron chi connectivity index (χ2n) is 6.02. The monoisotopic (exact) mass is 351 g/mol. The van der Waals surface area contributed by atoms with Crippen molar-refractivity contribution in [3.63, 3.8) is 0 Å². The average molecular weight is 352 g/mol. The van der Waals surface area contributed by atoms with E-state index in [0.717, 1.165) is 13.0 Å². The molecular weight excluding hydrogens is 322 g/mol. The van der Waals surface area contributed by atoms with Crippen molar-refractivity contribution in [2.75, 3.05) is 11.9 Å². The van der Waals surface area contributed by atoms with Gasteiger partial charge in [-0.2, -0.15) is 0 Å². The predicted octanol–water partition coefficient (Wildman–Crippen LogP) is 5.41. The van der Waals surface area contributed by atoms with E-state index in [1.54, 1.807) is 12.1 Å². The fraction of sp³-hybridized carbons (Fsp3) is 0.611. The van der Waals surface area contributed by atoms with Crippen LogP contribution in [0.25, 0.3) is 0 Å². The Kier molecular flexibility index (Phi) is 10.8. The van der Waals surface area contributed by atoms with Crippen molar-refractivity contribution >= 4 is 28.7 Å². The first-order valence-corrected chi connectivity index (χ1v) is 9.33. The van der Waals surface area contributed by atoms with Gasteiger partial charge in [-0.3, -0.25) is 10.1 Å². The lowest BCUT2D eigenvalue weighted by atomic mass is 10.1. The maximum absolute atomic E-state index is 10.7. The number of nitro groups is 1. The molecule has 0 amide bonds. The highest BCUT2D eigenvalue weighted by Crippen LogP contribution is 2.16. The van der Waals surface area contributed by atoms with Gasteiger partial charge >= 0.3 is 0 Å². The van der Waals surface area contributed by atoms with E-state index in [1.807, 2.05) is 0 Å². The Labute approximate surface area is 150 Å². The van der Waals surface area contributed by atoms with Gasteiger partial charge in [0.1, 0.15) is 0 Å². The Bertz CT molecular complexity index is 509. The Morgan fingerprint density at radius 2 is 1.71 bits per heavy atom. The highest BCUT2D eigenvalue weighted by atomic mass is 32.1. The van der Waals surface area contributed by atoms with E-state index < -0.39 is 4.92 Å². The molecule has 0 aliphatic heterocycles. The number of anilines is 1. The van der Waals surface area contributed by atoms with Gasteiger partial charge in [-0.25, -0.2) is 0 Å². The first-order chi connectivity index (χ1) is 11.6. The van der Waals surface area contributed by atoms with E-state index in [4.69, 9.17) is 12.2 Å². The van der Waals surface area contributed by atoms with Crippen molar-refractivity contribution < 1.29 is 4.92 Å². The van der Waals surface area contributed by atoms with E-state index >= 15 is 0 Å². The largest absolute Gasteiger partial charge is 0.362 e. The van der Waals surface area contributed by atoms with Crippen molar-refractivity contribution in [3.05, 3.63) is 34.4 Å². The number of thiocarbonyl (C=S) groups is 1. The van der Waals surface area contributed by atoms with Crippen molar-refractivity contribution in [1.82, 2.24) is 5.32 Å². The molecule has 0 saturated carbocycles. The second kappa shape index (κ2) is 12.7. The van der Waals surface area contributed by atoms with Crippen LogP contribution in [0.1, 0.15) is 64.7 Å². The van der Waals surface area contributed by atoms with Crippen molar-refractivity contribution in [2.24, 2.45) is 0 Å². The fourth-order valence-electron chi connectivity index (χ4n) is 2.51. The summed E-state index contributed by atoms with van der Waals surface area (Å²) in [6.07, 6.45) is 11.6. The van der Waals surface area contributed by atoms with Crippen molar-refractivity contribution in [3.8, 4) is 0 Å². The van der Waals surface area contributed by atoms with Gasteiger partial charge in [0.05, 0.1) is 4.92 Å². The maximum Gasteiger partial charge on any atom is 0.271 e. The van der Waals surface area contributed by atoms with Gasteiger partial charge in [-0.05, 0) is 24.7 Å². The van der Waals surface area contributed by atoms with Crippen LogP contribution < -0.4 is 10.6 Å². The lowest BCUT2D eigenvalue weighted by Crippen LogP contribution is -2.29. The minimum absolute atomic E-state index is 0.0572. The van der Waals surface area contributed by atoms with Crippen LogP contribution in [0.15, 0.2) is 24.3 Å². The molecule has 0 atom stereocenters. The molecule has 5 nitrogen and oxygen atoms in total. The summed E-state index contributed by atoms with van der Waals surface area (Å²) in [6, 6.07) is 6.35. The summed E-state index contributed by atoms with van der Waals surface area (Å²) in [4.78, 5) is 10.3. The predicted molar refractivity (Wildman–Crippen MR) is 105 cm³/mol. The van der Waals surface area contributed by atoms with Gasteiger partial charge in [-0.1, -0.05) is 64.4 Å². The summed E-state index contributed by atoms with van der Waals surface area (Å²) in [6.45, 7) is 3.07. The number of unbranched alkanes of at least 4 members (excludes halogenated alkanes) is 8. The molecule has 1 rings (SSSR count). The van der Waals surface area contributed by atoms with Gasteiger partial charge in [-0.15, -0.1) is 0 Å². The number of hydrogen-bond acceptors (Lipinski definition) is 3. The third-order valence-corrected chi connectivity index (χ3v) is 4.13. The van der Waals surface area contributed by atoms with E-state index in [2.05, 4.69) is 17.6 Å². The van der Waals surface area contributed by atoms with Crippen LogP contribution in [0.5, 0.6) is 0 Å². The summed E-state index contributed by atoms with van der Waals surface area (Å²) in [5.74, 6) is 0. The molecule has 6 heteroatoms. The standard InChI is InChI=1S/C18H29N3O2S/c1-2-3-4-5-6-7-8-9-10-14-19-18(24)20-16-12-11-13-17(15-16)21(22)23/h11-13,15H,2-10,14H2,1H3,(H2,19,20,24). The summed E-state index contributed by atoms with van der Waals surface area (Å²) < 4.78 is 0. The number of non-ortho nitro benzene ring substituents is 1. The lowest BCUT2D eigenvalue weighted by molar-refractivity contribution is -0.384. The Balaban J connectivity index is 2.06. The average Bonchev–Trinajstić information content (AvgIpc) is 2.56. The zero-order valence-corrected chi connectivity index (χ0v) is 15.4. The number of nitrogens with zero attached hydrogens (tertiary/aromatic N) is 1. The molecular formula is C18H29N3O2S. The number of rotatable bonds is 12. The summed E-state index contributed by atoms with van der Waals surface area (Å²) in [5.41, 5.74) is 0.690.